The minimum Gasteiger partial charge on any atom is -0.384 e. The van der Waals surface area contributed by atoms with Gasteiger partial charge in [-0.2, -0.15) is 0 Å². The lowest BCUT2D eigenvalue weighted by Gasteiger charge is -2.22. The lowest BCUT2D eigenvalue weighted by Crippen LogP contribution is -2.37. The minimum absolute atomic E-state index is 0.160. The monoisotopic (exact) mass is 185 g/mol. The van der Waals surface area contributed by atoms with Crippen LogP contribution in [0.5, 0.6) is 0 Å². The largest absolute Gasteiger partial charge is 0.384 e. The van der Waals surface area contributed by atoms with Crippen LogP contribution in [0.15, 0.2) is 0 Å². The third-order valence-corrected chi connectivity index (χ3v) is 2.74. The summed E-state index contributed by atoms with van der Waals surface area (Å²) in [5.74, 6) is 0.500. The van der Waals surface area contributed by atoms with Crippen molar-refractivity contribution in [3.05, 3.63) is 0 Å². The first-order valence-corrected chi connectivity index (χ1v) is 5.04. The molecule has 1 atom stereocenters. The van der Waals surface area contributed by atoms with Crippen LogP contribution in [-0.4, -0.2) is 35.6 Å². The first-order valence-electron chi connectivity index (χ1n) is 5.04. The van der Waals surface area contributed by atoms with Crippen LogP contribution in [0, 0.1) is 5.92 Å². The van der Waals surface area contributed by atoms with Gasteiger partial charge in [-0.25, -0.2) is 0 Å². The van der Waals surface area contributed by atoms with Crippen LogP contribution in [0.4, 0.5) is 0 Å². The topological polar surface area (TPSA) is 40.5 Å². The second-order valence-electron chi connectivity index (χ2n) is 4.05. The Kier molecular flexibility index (Phi) is 3.72. The Balaban J connectivity index is 2.31. The van der Waals surface area contributed by atoms with Gasteiger partial charge in [0.15, 0.2) is 0 Å². The number of aliphatic hydroxyl groups is 1. The van der Waals surface area contributed by atoms with Crippen molar-refractivity contribution in [3.8, 4) is 0 Å². The number of aliphatic hydroxyl groups excluding tert-OH is 1. The summed E-state index contributed by atoms with van der Waals surface area (Å²) in [5, 5.41) is 9.07. The van der Waals surface area contributed by atoms with Gasteiger partial charge in [0.2, 0.25) is 0 Å². The highest BCUT2D eigenvalue weighted by Gasteiger charge is 2.21. The third kappa shape index (κ3) is 2.99. The SMILES string of the molecule is CC(O)C(=O)N(C)CC1CCCC1. The van der Waals surface area contributed by atoms with Gasteiger partial charge >= 0.3 is 0 Å². The number of likely N-dealkylation sites (N-methyl/N-ethyl adjacent to an activating group) is 1. The standard InChI is InChI=1S/C10H19NO2/c1-8(12)10(13)11(2)7-9-5-3-4-6-9/h8-9,12H,3-7H2,1-2H3. The molecule has 1 N–H and O–H groups in total. The summed E-state index contributed by atoms with van der Waals surface area (Å²) in [6.45, 7) is 2.33. The smallest absolute Gasteiger partial charge is 0.250 e. The minimum atomic E-state index is -0.855. The van der Waals surface area contributed by atoms with Crippen molar-refractivity contribution in [1.82, 2.24) is 4.90 Å². The lowest BCUT2D eigenvalue weighted by molar-refractivity contribution is -0.138. The molecule has 0 aromatic carbocycles. The molecular formula is C10H19NO2. The van der Waals surface area contributed by atoms with Crippen molar-refractivity contribution >= 4 is 5.91 Å². The summed E-state index contributed by atoms with van der Waals surface area (Å²) >= 11 is 0. The van der Waals surface area contributed by atoms with Gasteiger partial charge in [-0.3, -0.25) is 4.79 Å². The number of carbonyl (C=O) groups excluding carboxylic acids is 1. The molecule has 0 spiro atoms. The number of nitrogens with zero attached hydrogens (tertiary/aromatic N) is 1. The average Bonchev–Trinajstić information content (AvgIpc) is 2.55. The van der Waals surface area contributed by atoms with Crippen LogP contribution >= 0.6 is 0 Å². The predicted molar refractivity (Wildman–Crippen MR) is 51.3 cm³/mol. The molecular weight excluding hydrogens is 166 g/mol. The highest BCUT2D eigenvalue weighted by molar-refractivity contribution is 5.79. The Morgan fingerprint density at radius 2 is 2.08 bits per heavy atom. The molecule has 1 aliphatic carbocycles. The summed E-state index contributed by atoms with van der Waals surface area (Å²) in [4.78, 5) is 13.0. The number of hydrogen-bond donors (Lipinski definition) is 1. The predicted octanol–water partition coefficient (Wildman–Crippen LogP) is 1.02. The van der Waals surface area contributed by atoms with E-state index in [-0.39, 0.29) is 5.91 Å². The molecule has 76 valence electrons. The molecule has 0 saturated heterocycles. The maximum atomic E-state index is 11.3. The maximum Gasteiger partial charge on any atom is 0.250 e. The summed E-state index contributed by atoms with van der Waals surface area (Å²) in [5.41, 5.74) is 0. The molecule has 3 heteroatoms. The molecule has 3 nitrogen and oxygen atoms in total. The molecule has 1 fully saturated rings. The molecule has 1 aliphatic rings. The summed E-state index contributed by atoms with van der Waals surface area (Å²) < 4.78 is 0. The zero-order valence-electron chi connectivity index (χ0n) is 8.49. The molecule has 0 aromatic heterocycles. The second-order valence-corrected chi connectivity index (χ2v) is 4.05. The van der Waals surface area contributed by atoms with E-state index < -0.39 is 6.10 Å². The van der Waals surface area contributed by atoms with Gasteiger partial charge in [0.05, 0.1) is 0 Å². The molecule has 1 unspecified atom stereocenters. The van der Waals surface area contributed by atoms with Gasteiger partial charge in [0.25, 0.3) is 5.91 Å². The van der Waals surface area contributed by atoms with Crippen molar-refractivity contribution in [3.63, 3.8) is 0 Å². The van der Waals surface area contributed by atoms with Crippen molar-refractivity contribution in [2.75, 3.05) is 13.6 Å². The molecule has 0 radical (unpaired) electrons. The van der Waals surface area contributed by atoms with E-state index in [4.69, 9.17) is 5.11 Å². The Bertz CT molecular complexity index is 174. The zero-order chi connectivity index (χ0) is 9.84. The van der Waals surface area contributed by atoms with E-state index in [9.17, 15) is 4.79 Å². The van der Waals surface area contributed by atoms with E-state index >= 15 is 0 Å². The number of rotatable bonds is 3. The highest BCUT2D eigenvalue weighted by Crippen LogP contribution is 2.25. The second kappa shape index (κ2) is 4.61. The zero-order valence-corrected chi connectivity index (χ0v) is 8.49. The average molecular weight is 185 g/mol. The third-order valence-electron chi connectivity index (χ3n) is 2.74. The molecule has 0 bridgehead atoms. The molecule has 1 saturated carbocycles. The van der Waals surface area contributed by atoms with E-state index in [1.807, 2.05) is 0 Å². The summed E-state index contributed by atoms with van der Waals surface area (Å²) in [6.07, 6.45) is 4.20. The maximum absolute atomic E-state index is 11.3. The summed E-state index contributed by atoms with van der Waals surface area (Å²) in [6, 6.07) is 0. The van der Waals surface area contributed by atoms with Crippen LogP contribution in [0.2, 0.25) is 0 Å². The molecule has 0 heterocycles. The normalized spacial score (nSPS) is 20.2. The van der Waals surface area contributed by atoms with Crippen molar-refractivity contribution < 1.29 is 9.90 Å². The Morgan fingerprint density at radius 3 is 2.54 bits per heavy atom. The van der Waals surface area contributed by atoms with E-state index in [0.717, 1.165) is 6.54 Å². The van der Waals surface area contributed by atoms with E-state index in [1.54, 1.807) is 11.9 Å². The van der Waals surface area contributed by atoms with Gasteiger partial charge < -0.3 is 10.0 Å². The summed E-state index contributed by atoms with van der Waals surface area (Å²) in [7, 11) is 1.77. The molecule has 1 amide bonds. The van der Waals surface area contributed by atoms with Gasteiger partial charge in [-0.15, -0.1) is 0 Å². The highest BCUT2D eigenvalue weighted by atomic mass is 16.3. The van der Waals surface area contributed by atoms with Crippen molar-refractivity contribution in [2.24, 2.45) is 5.92 Å². The Morgan fingerprint density at radius 1 is 1.54 bits per heavy atom. The van der Waals surface area contributed by atoms with Crippen molar-refractivity contribution in [1.29, 1.82) is 0 Å². The Labute approximate surface area is 79.7 Å². The first-order chi connectivity index (χ1) is 6.11. The van der Waals surface area contributed by atoms with Crippen LogP contribution in [0.3, 0.4) is 0 Å². The lowest BCUT2D eigenvalue weighted by atomic mass is 10.1. The molecule has 0 aliphatic heterocycles. The molecule has 1 rings (SSSR count). The Hall–Kier alpha value is -0.570. The van der Waals surface area contributed by atoms with Crippen LogP contribution < -0.4 is 0 Å². The van der Waals surface area contributed by atoms with Gasteiger partial charge in [-0.1, -0.05) is 12.8 Å². The van der Waals surface area contributed by atoms with Crippen LogP contribution in [0.1, 0.15) is 32.6 Å². The first kappa shape index (κ1) is 10.5. The van der Waals surface area contributed by atoms with E-state index in [1.165, 1.54) is 32.6 Å². The number of hydrogen-bond acceptors (Lipinski definition) is 2. The van der Waals surface area contributed by atoms with Gasteiger partial charge in [-0.05, 0) is 25.7 Å². The van der Waals surface area contributed by atoms with Gasteiger partial charge in [0, 0.05) is 13.6 Å². The van der Waals surface area contributed by atoms with Crippen molar-refractivity contribution in [2.45, 2.75) is 38.7 Å². The fraction of sp³-hybridized carbons (Fsp3) is 0.900. The quantitative estimate of drug-likeness (QED) is 0.713. The fourth-order valence-corrected chi connectivity index (χ4v) is 1.99. The molecule has 0 aromatic rings. The van der Waals surface area contributed by atoms with Crippen LogP contribution in [0.25, 0.3) is 0 Å². The van der Waals surface area contributed by atoms with E-state index in [2.05, 4.69) is 0 Å². The number of carbonyl (C=O) groups is 1. The van der Waals surface area contributed by atoms with E-state index in [0.29, 0.717) is 5.92 Å². The fourth-order valence-electron chi connectivity index (χ4n) is 1.99. The molecule has 13 heavy (non-hydrogen) atoms. The van der Waals surface area contributed by atoms with Crippen LogP contribution in [-0.2, 0) is 4.79 Å². The number of amides is 1. The van der Waals surface area contributed by atoms with Gasteiger partial charge in [0.1, 0.15) is 6.10 Å².